The van der Waals surface area contributed by atoms with Gasteiger partial charge >= 0.3 is 5.97 Å². The van der Waals surface area contributed by atoms with Crippen molar-refractivity contribution >= 4 is 12.0 Å². The summed E-state index contributed by atoms with van der Waals surface area (Å²) in [7, 11) is 0. The summed E-state index contributed by atoms with van der Waals surface area (Å²) in [6.45, 7) is 9.34. The number of fused-ring (bicyclic) bond motifs is 1. The van der Waals surface area contributed by atoms with Gasteiger partial charge < -0.3 is 19.9 Å². The fourth-order valence-electron chi connectivity index (χ4n) is 5.00. The molecule has 0 bridgehead atoms. The van der Waals surface area contributed by atoms with Crippen LogP contribution in [0.5, 0.6) is 0 Å². The number of β-amino-alcohol motifs (C(OH)–C–C–N with tert-alkyl or cyclic N) is 1. The lowest BCUT2D eigenvalue weighted by Crippen LogP contribution is -2.45. The lowest BCUT2D eigenvalue weighted by molar-refractivity contribution is -0.137. The van der Waals surface area contributed by atoms with Crippen molar-refractivity contribution in [2.24, 2.45) is 5.92 Å². The minimum atomic E-state index is -0.605. The maximum Gasteiger partial charge on any atom is 0.330 e. The normalized spacial score (nSPS) is 15.8. The fourth-order valence-corrected chi connectivity index (χ4v) is 5.00. The fraction of sp³-hybridized carbons (Fsp3) is 0.500. The molecule has 0 spiro atoms. The molecule has 2 aromatic carbocycles. The Labute approximate surface area is 210 Å². The SMILES string of the molecule is CCOC(=O)/C=C/c1ccccc1[C@@H](CC)OC[C@H](O)CNC(C)(C)CC1Cc2ccccc2C1. The van der Waals surface area contributed by atoms with Crippen LogP contribution in [0.3, 0.4) is 0 Å². The van der Waals surface area contributed by atoms with Gasteiger partial charge in [-0.05, 0) is 80.7 Å². The molecule has 35 heavy (non-hydrogen) atoms. The molecular formula is C30H41NO4. The Morgan fingerprint density at radius 3 is 2.43 bits per heavy atom. The van der Waals surface area contributed by atoms with Crippen LogP contribution in [0.15, 0.2) is 54.6 Å². The van der Waals surface area contributed by atoms with Crippen LogP contribution in [0, 0.1) is 5.92 Å². The first-order valence-electron chi connectivity index (χ1n) is 12.9. The number of benzene rings is 2. The maximum absolute atomic E-state index is 11.7. The van der Waals surface area contributed by atoms with E-state index in [1.165, 1.54) is 17.2 Å². The minimum Gasteiger partial charge on any atom is -0.463 e. The summed E-state index contributed by atoms with van der Waals surface area (Å²) >= 11 is 0. The standard InChI is InChI=1S/C30H41NO4/c1-5-28(27-14-10-9-11-23(27)15-16-29(33)34-6-2)35-21-26(32)20-31-30(3,4)19-22-17-24-12-7-8-13-25(24)18-22/h7-16,22,26,28,31-32H,5-6,17-21H2,1-4H3/b16-15+/t26-,28-/m1/s1. The first-order chi connectivity index (χ1) is 16.8. The highest BCUT2D eigenvalue weighted by Gasteiger charge is 2.28. The topological polar surface area (TPSA) is 67.8 Å². The zero-order valence-electron chi connectivity index (χ0n) is 21.6. The molecule has 2 aromatic rings. The van der Waals surface area contributed by atoms with E-state index < -0.39 is 6.10 Å². The molecule has 190 valence electrons. The van der Waals surface area contributed by atoms with Crippen LogP contribution in [-0.4, -0.2) is 42.5 Å². The largest absolute Gasteiger partial charge is 0.463 e. The minimum absolute atomic E-state index is 0.0671. The molecule has 1 aliphatic rings. The summed E-state index contributed by atoms with van der Waals surface area (Å²) in [5.74, 6) is 0.272. The van der Waals surface area contributed by atoms with E-state index in [2.05, 4.69) is 50.4 Å². The van der Waals surface area contributed by atoms with E-state index in [0.717, 1.165) is 36.8 Å². The van der Waals surface area contributed by atoms with E-state index in [9.17, 15) is 9.90 Å². The molecule has 5 heteroatoms. The number of ether oxygens (including phenoxy) is 2. The molecule has 0 unspecified atom stereocenters. The number of aliphatic hydroxyl groups excluding tert-OH is 1. The second-order valence-electron chi connectivity index (χ2n) is 10.1. The van der Waals surface area contributed by atoms with Crippen molar-refractivity contribution in [3.05, 3.63) is 76.9 Å². The van der Waals surface area contributed by atoms with Crippen LogP contribution in [0.4, 0.5) is 0 Å². The molecule has 0 amide bonds. The van der Waals surface area contributed by atoms with Gasteiger partial charge in [-0.3, -0.25) is 0 Å². The highest BCUT2D eigenvalue weighted by atomic mass is 16.5. The predicted octanol–water partition coefficient (Wildman–Crippen LogP) is 5.26. The molecule has 1 aliphatic carbocycles. The van der Waals surface area contributed by atoms with E-state index in [1.54, 1.807) is 13.0 Å². The highest BCUT2D eigenvalue weighted by Crippen LogP contribution is 2.32. The number of rotatable bonds is 13. The monoisotopic (exact) mass is 479 g/mol. The first kappa shape index (κ1) is 27.1. The zero-order chi connectivity index (χ0) is 25.3. The van der Waals surface area contributed by atoms with Crippen molar-refractivity contribution in [3.8, 4) is 0 Å². The van der Waals surface area contributed by atoms with Crippen molar-refractivity contribution in [2.75, 3.05) is 19.8 Å². The predicted molar refractivity (Wildman–Crippen MR) is 141 cm³/mol. The number of hydrogen-bond acceptors (Lipinski definition) is 5. The van der Waals surface area contributed by atoms with Crippen molar-refractivity contribution in [1.82, 2.24) is 5.32 Å². The molecule has 0 saturated carbocycles. The van der Waals surface area contributed by atoms with Gasteiger partial charge in [0.15, 0.2) is 0 Å². The van der Waals surface area contributed by atoms with E-state index in [-0.39, 0.29) is 24.2 Å². The lowest BCUT2D eigenvalue weighted by Gasteiger charge is -2.31. The number of nitrogens with one attached hydrogen (secondary N) is 1. The number of esters is 1. The molecule has 2 atom stereocenters. The molecule has 0 fully saturated rings. The summed E-state index contributed by atoms with van der Waals surface area (Å²) in [6, 6.07) is 16.6. The van der Waals surface area contributed by atoms with Crippen LogP contribution < -0.4 is 5.32 Å². The first-order valence-corrected chi connectivity index (χ1v) is 12.9. The van der Waals surface area contributed by atoms with Crippen LogP contribution in [0.1, 0.15) is 68.9 Å². The van der Waals surface area contributed by atoms with Crippen LogP contribution in [0.25, 0.3) is 6.08 Å². The molecule has 0 heterocycles. The summed E-state index contributed by atoms with van der Waals surface area (Å²) in [4.78, 5) is 11.7. The van der Waals surface area contributed by atoms with E-state index >= 15 is 0 Å². The quantitative estimate of drug-likeness (QED) is 0.303. The van der Waals surface area contributed by atoms with Gasteiger partial charge in [0, 0.05) is 18.2 Å². The van der Waals surface area contributed by atoms with Crippen molar-refractivity contribution in [2.45, 2.75) is 71.1 Å². The zero-order valence-corrected chi connectivity index (χ0v) is 21.6. The Hall–Kier alpha value is -2.47. The number of carbonyl (C=O) groups is 1. The van der Waals surface area contributed by atoms with Crippen molar-refractivity contribution in [1.29, 1.82) is 0 Å². The summed E-state index contributed by atoms with van der Waals surface area (Å²) in [6.07, 6.45) is 6.53. The Balaban J connectivity index is 1.49. The van der Waals surface area contributed by atoms with Crippen LogP contribution in [0.2, 0.25) is 0 Å². The van der Waals surface area contributed by atoms with E-state index in [0.29, 0.717) is 19.1 Å². The van der Waals surface area contributed by atoms with Crippen molar-refractivity contribution in [3.63, 3.8) is 0 Å². The van der Waals surface area contributed by atoms with Gasteiger partial charge in [-0.1, -0.05) is 55.5 Å². The lowest BCUT2D eigenvalue weighted by atomic mass is 9.88. The molecule has 5 nitrogen and oxygen atoms in total. The number of aliphatic hydroxyl groups is 1. The molecular weight excluding hydrogens is 438 g/mol. The third-order valence-electron chi connectivity index (χ3n) is 6.64. The Kier molecular flexibility index (Phi) is 10.1. The molecule has 2 N–H and O–H groups in total. The average molecular weight is 480 g/mol. The van der Waals surface area contributed by atoms with Crippen molar-refractivity contribution < 1.29 is 19.4 Å². The summed E-state index contributed by atoms with van der Waals surface area (Å²) in [5, 5.41) is 14.2. The van der Waals surface area contributed by atoms with Gasteiger partial charge in [-0.15, -0.1) is 0 Å². The molecule has 0 radical (unpaired) electrons. The Morgan fingerprint density at radius 1 is 1.11 bits per heavy atom. The van der Waals surface area contributed by atoms with Crippen LogP contribution >= 0.6 is 0 Å². The second kappa shape index (κ2) is 13.0. The Bertz CT molecular complexity index is 959. The van der Waals surface area contributed by atoms with Gasteiger partial charge in [0.2, 0.25) is 0 Å². The number of hydrogen-bond donors (Lipinski definition) is 2. The third-order valence-corrected chi connectivity index (χ3v) is 6.64. The van der Waals surface area contributed by atoms with Crippen LogP contribution in [-0.2, 0) is 27.1 Å². The highest BCUT2D eigenvalue weighted by molar-refractivity contribution is 5.87. The maximum atomic E-state index is 11.7. The van der Waals surface area contributed by atoms with E-state index in [4.69, 9.17) is 9.47 Å². The van der Waals surface area contributed by atoms with Gasteiger partial charge in [-0.2, -0.15) is 0 Å². The Morgan fingerprint density at radius 2 is 1.77 bits per heavy atom. The third kappa shape index (κ3) is 8.31. The summed E-state index contributed by atoms with van der Waals surface area (Å²) in [5.41, 5.74) is 4.80. The number of carbonyl (C=O) groups excluding carboxylic acids is 1. The molecule has 0 saturated heterocycles. The van der Waals surface area contributed by atoms with Gasteiger partial charge in [0.05, 0.1) is 25.4 Å². The second-order valence-corrected chi connectivity index (χ2v) is 10.1. The average Bonchev–Trinajstić information content (AvgIpc) is 3.24. The summed E-state index contributed by atoms with van der Waals surface area (Å²) < 4.78 is 11.1. The van der Waals surface area contributed by atoms with E-state index in [1.807, 2.05) is 24.3 Å². The molecule has 0 aliphatic heterocycles. The van der Waals surface area contributed by atoms with Gasteiger partial charge in [0.25, 0.3) is 0 Å². The van der Waals surface area contributed by atoms with Gasteiger partial charge in [0.1, 0.15) is 0 Å². The van der Waals surface area contributed by atoms with Gasteiger partial charge in [-0.25, -0.2) is 4.79 Å². The smallest absolute Gasteiger partial charge is 0.330 e. The molecule has 0 aromatic heterocycles. The molecule has 3 rings (SSSR count).